The summed E-state index contributed by atoms with van der Waals surface area (Å²) in [6.45, 7) is 4.14. The Labute approximate surface area is 204 Å². The number of hydrogen-bond acceptors (Lipinski definition) is 6. The first-order valence-corrected chi connectivity index (χ1v) is 12.7. The van der Waals surface area contributed by atoms with Gasteiger partial charge in [-0.05, 0) is 60.9 Å². The largest absolute Gasteiger partial charge is 0.407 e. The molecule has 1 amide bonds. The number of anilines is 2. The Bertz CT molecular complexity index is 1380. The quantitative estimate of drug-likeness (QED) is 0.365. The van der Waals surface area contributed by atoms with Gasteiger partial charge >= 0.3 is 6.01 Å². The van der Waals surface area contributed by atoms with Crippen molar-refractivity contribution in [2.45, 2.75) is 31.6 Å². The van der Waals surface area contributed by atoms with Gasteiger partial charge in [-0.15, -0.1) is 5.10 Å². The molecule has 0 radical (unpaired) electrons. The van der Waals surface area contributed by atoms with Gasteiger partial charge in [0.25, 0.3) is 15.9 Å². The number of aryl methyl sites for hydroxylation is 1. The van der Waals surface area contributed by atoms with Crippen molar-refractivity contribution >= 4 is 27.6 Å². The van der Waals surface area contributed by atoms with Crippen LogP contribution in [0.15, 0.2) is 88.2 Å². The maximum absolute atomic E-state index is 13.1. The van der Waals surface area contributed by atoms with Crippen LogP contribution in [0, 0.1) is 0 Å². The molecular formula is C26H26N4O4S. The van der Waals surface area contributed by atoms with Gasteiger partial charge in [0.2, 0.25) is 5.89 Å². The maximum atomic E-state index is 13.1. The average Bonchev–Trinajstić information content (AvgIpc) is 3.32. The van der Waals surface area contributed by atoms with E-state index < -0.39 is 15.9 Å². The van der Waals surface area contributed by atoms with Gasteiger partial charge in [0.1, 0.15) is 0 Å². The minimum Gasteiger partial charge on any atom is -0.407 e. The average molecular weight is 491 g/mol. The van der Waals surface area contributed by atoms with E-state index in [4.69, 9.17) is 4.42 Å². The number of rotatable bonds is 9. The van der Waals surface area contributed by atoms with Gasteiger partial charge in [0.15, 0.2) is 0 Å². The normalized spacial score (nSPS) is 11.3. The SMILES string of the molecule is CCc1ccc(Cc2nnc(NC(=O)c3ccc(S(=O)(=O)N(CC)c4ccccc4)cc3)o2)cc1. The molecule has 0 bridgehead atoms. The lowest BCUT2D eigenvalue weighted by Gasteiger charge is -2.22. The summed E-state index contributed by atoms with van der Waals surface area (Å²) in [6.07, 6.45) is 1.42. The van der Waals surface area contributed by atoms with Crippen molar-refractivity contribution in [1.29, 1.82) is 0 Å². The fraction of sp³-hybridized carbons (Fsp3) is 0.192. The number of carbonyl (C=O) groups excluding carboxylic acids is 1. The third-order valence-electron chi connectivity index (χ3n) is 5.51. The van der Waals surface area contributed by atoms with Gasteiger partial charge in [0, 0.05) is 12.1 Å². The lowest BCUT2D eigenvalue weighted by Crippen LogP contribution is -2.30. The fourth-order valence-electron chi connectivity index (χ4n) is 3.60. The maximum Gasteiger partial charge on any atom is 0.322 e. The smallest absolute Gasteiger partial charge is 0.322 e. The molecule has 0 unspecified atom stereocenters. The number of sulfonamides is 1. The molecule has 3 aromatic carbocycles. The topological polar surface area (TPSA) is 105 Å². The van der Waals surface area contributed by atoms with Crippen LogP contribution in [0.2, 0.25) is 0 Å². The summed E-state index contributed by atoms with van der Waals surface area (Å²) < 4.78 is 33.1. The van der Waals surface area contributed by atoms with Crippen LogP contribution < -0.4 is 9.62 Å². The zero-order valence-corrected chi connectivity index (χ0v) is 20.3. The van der Waals surface area contributed by atoms with E-state index >= 15 is 0 Å². The Kier molecular flexibility index (Phi) is 7.26. The number of nitrogens with one attached hydrogen (secondary N) is 1. The molecule has 0 aliphatic heterocycles. The van der Waals surface area contributed by atoms with Crippen molar-refractivity contribution in [3.63, 3.8) is 0 Å². The Morgan fingerprint density at radius 3 is 2.17 bits per heavy atom. The summed E-state index contributed by atoms with van der Waals surface area (Å²) in [4.78, 5) is 12.7. The molecule has 0 atom stereocenters. The molecular weight excluding hydrogens is 464 g/mol. The monoisotopic (exact) mass is 490 g/mol. The molecule has 0 aliphatic carbocycles. The highest BCUT2D eigenvalue weighted by molar-refractivity contribution is 7.92. The Hall–Kier alpha value is -3.98. The molecule has 1 aromatic heterocycles. The zero-order valence-electron chi connectivity index (χ0n) is 19.5. The van der Waals surface area contributed by atoms with E-state index in [-0.39, 0.29) is 23.0 Å². The van der Waals surface area contributed by atoms with Crippen LogP contribution in [0.5, 0.6) is 0 Å². The highest BCUT2D eigenvalue weighted by Gasteiger charge is 2.24. The predicted molar refractivity (Wildman–Crippen MR) is 134 cm³/mol. The lowest BCUT2D eigenvalue weighted by atomic mass is 10.1. The fourth-order valence-corrected chi connectivity index (χ4v) is 5.08. The van der Waals surface area contributed by atoms with E-state index in [2.05, 4.69) is 34.6 Å². The number of para-hydroxylation sites is 1. The van der Waals surface area contributed by atoms with Gasteiger partial charge in [0.05, 0.1) is 17.0 Å². The first-order chi connectivity index (χ1) is 16.9. The van der Waals surface area contributed by atoms with Crippen molar-refractivity contribution in [2.24, 2.45) is 0 Å². The third-order valence-corrected chi connectivity index (χ3v) is 7.43. The molecule has 4 aromatic rings. The third kappa shape index (κ3) is 5.58. The molecule has 0 saturated heterocycles. The van der Waals surface area contributed by atoms with Gasteiger partial charge in [-0.2, -0.15) is 0 Å². The number of nitrogens with zero attached hydrogens (tertiary/aromatic N) is 3. The molecule has 0 fully saturated rings. The van der Waals surface area contributed by atoms with E-state index in [1.54, 1.807) is 31.2 Å². The number of aromatic nitrogens is 2. The van der Waals surface area contributed by atoms with Gasteiger partial charge < -0.3 is 4.42 Å². The highest BCUT2D eigenvalue weighted by atomic mass is 32.2. The predicted octanol–water partition coefficient (Wildman–Crippen LogP) is 4.69. The first kappa shape index (κ1) is 24.2. The lowest BCUT2D eigenvalue weighted by molar-refractivity contribution is 0.102. The zero-order chi connectivity index (χ0) is 24.8. The molecule has 0 saturated carbocycles. The molecule has 4 rings (SSSR count). The van der Waals surface area contributed by atoms with E-state index in [0.717, 1.165) is 12.0 Å². The molecule has 35 heavy (non-hydrogen) atoms. The minimum atomic E-state index is -3.78. The van der Waals surface area contributed by atoms with Gasteiger partial charge in [-0.3, -0.25) is 14.4 Å². The Morgan fingerprint density at radius 2 is 1.54 bits per heavy atom. The van der Waals surface area contributed by atoms with E-state index in [9.17, 15) is 13.2 Å². The van der Waals surface area contributed by atoms with Crippen LogP contribution in [-0.4, -0.2) is 31.1 Å². The van der Waals surface area contributed by atoms with Gasteiger partial charge in [-0.1, -0.05) is 54.5 Å². The van der Waals surface area contributed by atoms with Crippen LogP contribution in [0.3, 0.4) is 0 Å². The summed E-state index contributed by atoms with van der Waals surface area (Å²) in [6, 6.07) is 22.7. The summed E-state index contributed by atoms with van der Waals surface area (Å²) in [5.74, 6) is -0.0987. The van der Waals surface area contributed by atoms with Crippen LogP contribution in [0.4, 0.5) is 11.7 Å². The second kappa shape index (κ2) is 10.5. The van der Waals surface area contributed by atoms with Crippen molar-refractivity contribution in [2.75, 3.05) is 16.2 Å². The summed E-state index contributed by atoms with van der Waals surface area (Å²) in [5.41, 5.74) is 3.11. The second-order valence-corrected chi connectivity index (χ2v) is 9.69. The summed E-state index contributed by atoms with van der Waals surface area (Å²) in [7, 11) is -3.78. The van der Waals surface area contributed by atoms with Crippen LogP contribution in [0.1, 0.15) is 41.2 Å². The molecule has 0 spiro atoms. The molecule has 1 N–H and O–H groups in total. The molecule has 1 heterocycles. The summed E-state index contributed by atoms with van der Waals surface area (Å²) in [5, 5.41) is 10.4. The molecule has 8 nitrogen and oxygen atoms in total. The van der Waals surface area contributed by atoms with E-state index in [1.165, 1.54) is 34.1 Å². The second-order valence-electron chi connectivity index (χ2n) is 7.83. The van der Waals surface area contributed by atoms with Crippen LogP contribution >= 0.6 is 0 Å². The summed E-state index contributed by atoms with van der Waals surface area (Å²) >= 11 is 0. The molecule has 0 aliphatic rings. The van der Waals surface area contributed by atoms with Crippen molar-refractivity contribution < 1.29 is 17.6 Å². The molecule has 9 heteroatoms. The van der Waals surface area contributed by atoms with Crippen molar-refractivity contribution in [3.8, 4) is 0 Å². The molecule has 180 valence electrons. The highest BCUT2D eigenvalue weighted by Crippen LogP contribution is 2.23. The Balaban J connectivity index is 1.43. The number of benzene rings is 3. The van der Waals surface area contributed by atoms with Gasteiger partial charge in [-0.25, -0.2) is 8.42 Å². The number of amides is 1. The standard InChI is InChI=1S/C26H26N4O4S/c1-3-19-10-12-20(13-11-19)18-24-28-29-26(34-24)27-25(31)21-14-16-23(17-15-21)35(32,33)30(4-2)22-8-6-5-7-9-22/h5-17H,3-4,18H2,1-2H3,(H,27,29,31). The minimum absolute atomic E-state index is 0.0203. The van der Waals surface area contributed by atoms with E-state index in [1.807, 2.05) is 18.2 Å². The first-order valence-electron chi connectivity index (χ1n) is 11.3. The van der Waals surface area contributed by atoms with Crippen LogP contribution in [-0.2, 0) is 22.9 Å². The van der Waals surface area contributed by atoms with Crippen molar-refractivity contribution in [3.05, 3.63) is 101 Å². The van der Waals surface area contributed by atoms with E-state index in [0.29, 0.717) is 18.0 Å². The number of carbonyl (C=O) groups is 1. The number of hydrogen-bond donors (Lipinski definition) is 1. The van der Waals surface area contributed by atoms with Crippen molar-refractivity contribution in [1.82, 2.24) is 10.2 Å². The Morgan fingerprint density at radius 1 is 0.886 bits per heavy atom. The van der Waals surface area contributed by atoms with Crippen LogP contribution in [0.25, 0.3) is 0 Å².